The highest BCUT2D eigenvalue weighted by Gasteiger charge is 2.16. The first-order valence-corrected chi connectivity index (χ1v) is 7.15. The number of carbonyl (C=O) groups excluding carboxylic acids is 1. The Hall–Kier alpha value is 0.01000. The van der Waals surface area contributed by atoms with E-state index < -0.39 is 0 Å². The molecule has 0 aromatic heterocycles. The molecule has 0 saturated carbocycles. The van der Waals surface area contributed by atoms with Crippen LogP contribution in [0.2, 0.25) is 0 Å². The first kappa shape index (κ1) is 13.1. The lowest BCUT2D eigenvalue weighted by atomic mass is 10.1. The summed E-state index contributed by atoms with van der Waals surface area (Å²) >= 11 is 10.8. The van der Waals surface area contributed by atoms with Crippen molar-refractivity contribution in [3.8, 4) is 0 Å². The average molecular weight is 308 g/mol. The van der Waals surface area contributed by atoms with Crippen molar-refractivity contribution in [1.82, 2.24) is 0 Å². The molecule has 0 spiro atoms. The Bertz CT molecular complexity index is 368. The summed E-state index contributed by atoms with van der Waals surface area (Å²) in [5, 5.41) is 0. The third-order valence-corrected chi connectivity index (χ3v) is 4.32. The number of ketones is 1. The second kappa shape index (κ2) is 5.92. The summed E-state index contributed by atoms with van der Waals surface area (Å²) in [6, 6.07) is 5.95. The van der Waals surface area contributed by atoms with Crippen LogP contribution in [0.1, 0.15) is 22.9 Å². The quantitative estimate of drug-likeness (QED) is 0.613. The van der Waals surface area contributed by atoms with Crippen LogP contribution in [0.4, 0.5) is 0 Å². The molecule has 0 aliphatic heterocycles. The van der Waals surface area contributed by atoms with Gasteiger partial charge in [-0.3, -0.25) is 4.79 Å². The summed E-state index contributed by atoms with van der Waals surface area (Å²) < 4.78 is 0. The Morgan fingerprint density at radius 2 is 2.27 bits per heavy atom. The molecule has 1 rings (SSSR count). The molecule has 1 unspecified atom stereocenters. The molecule has 82 valence electrons. The maximum Gasteiger partial charge on any atom is 0.147 e. The van der Waals surface area contributed by atoms with Gasteiger partial charge in [0.2, 0.25) is 0 Å². The average Bonchev–Trinajstić information content (AvgIpc) is 2.27. The van der Waals surface area contributed by atoms with Crippen LogP contribution in [0.3, 0.4) is 0 Å². The first-order valence-electron chi connectivity index (χ1n) is 4.47. The van der Waals surface area contributed by atoms with Crippen LogP contribution in [-0.2, 0) is 10.7 Å². The summed E-state index contributed by atoms with van der Waals surface area (Å²) in [6.45, 7) is 1.58. The van der Waals surface area contributed by atoms with Gasteiger partial charge in [0.1, 0.15) is 5.78 Å². The Morgan fingerprint density at radius 3 is 2.73 bits per heavy atom. The Balaban J connectivity index is 3.12. The molecule has 1 atom stereocenters. The summed E-state index contributed by atoms with van der Waals surface area (Å²) in [5.74, 6) is 0.616. The molecule has 1 aromatic carbocycles. The fraction of sp³-hybridized carbons (Fsp3) is 0.364. The zero-order valence-electron chi connectivity index (χ0n) is 8.59. The SMILES string of the molecule is CSc1cc(CCl)ccc1C(Br)C(C)=O. The molecule has 1 aromatic rings. The van der Waals surface area contributed by atoms with Crippen molar-refractivity contribution >= 4 is 45.1 Å². The number of hydrogen-bond acceptors (Lipinski definition) is 2. The molecule has 0 aliphatic carbocycles. The smallest absolute Gasteiger partial charge is 0.147 e. The molecule has 0 fully saturated rings. The van der Waals surface area contributed by atoms with E-state index in [1.165, 1.54) is 0 Å². The number of benzene rings is 1. The molecule has 0 heterocycles. The Kier molecular flexibility index (Phi) is 5.16. The van der Waals surface area contributed by atoms with Gasteiger partial charge < -0.3 is 0 Å². The summed E-state index contributed by atoms with van der Waals surface area (Å²) in [7, 11) is 0. The minimum Gasteiger partial charge on any atom is -0.298 e. The molecule has 0 aliphatic rings. The van der Waals surface area contributed by atoms with E-state index in [9.17, 15) is 4.79 Å². The number of halogens is 2. The zero-order valence-corrected chi connectivity index (χ0v) is 11.7. The number of Topliss-reactive ketones (excluding diaryl/α,β-unsaturated/α-hetero) is 1. The van der Waals surface area contributed by atoms with Crippen LogP contribution >= 0.6 is 39.3 Å². The highest BCUT2D eigenvalue weighted by atomic mass is 79.9. The fourth-order valence-electron chi connectivity index (χ4n) is 1.27. The first-order chi connectivity index (χ1) is 7.10. The molecule has 4 heteroatoms. The molecule has 1 nitrogen and oxygen atoms in total. The summed E-state index contributed by atoms with van der Waals surface area (Å²) in [6.07, 6.45) is 2.00. The van der Waals surface area contributed by atoms with Gasteiger partial charge in [-0.15, -0.1) is 23.4 Å². The maximum atomic E-state index is 11.3. The summed E-state index contributed by atoms with van der Waals surface area (Å²) in [5.41, 5.74) is 2.09. The van der Waals surface area contributed by atoms with Gasteiger partial charge in [0.15, 0.2) is 0 Å². The van der Waals surface area contributed by atoms with Crippen molar-refractivity contribution in [2.75, 3.05) is 6.26 Å². The van der Waals surface area contributed by atoms with Crippen LogP contribution in [0.25, 0.3) is 0 Å². The molecular weight excluding hydrogens is 296 g/mol. The second-order valence-electron chi connectivity index (χ2n) is 3.18. The van der Waals surface area contributed by atoms with Gasteiger partial charge in [0.25, 0.3) is 0 Å². The van der Waals surface area contributed by atoms with Crippen LogP contribution in [-0.4, -0.2) is 12.0 Å². The largest absolute Gasteiger partial charge is 0.298 e. The van der Waals surface area contributed by atoms with Crippen molar-refractivity contribution in [2.45, 2.75) is 22.5 Å². The normalized spacial score (nSPS) is 12.5. The van der Waals surface area contributed by atoms with E-state index in [0.29, 0.717) is 5.88 Å². The van der Waals surface area contributed by atoms with E-state index in [4.69, 9.17) is 11.6 Å². The van der Waals surface area contributed by atoms with E-state index in [1.807, 2.05) is 24.5 Å². The Morgan fingerprint density at radius 1 is 1.60 bits per heavy atom. The summed E-state index contributed by atoms with van der Waals surface area (Å²) in [4.78, 5) is 12.2. The van der Waals surface area contributed by atoms with Gasteiger partial charge in [0.05, 0.1) is 4.83 Å². The van der Waals surface area contributed by atoms with Gasteiger partial charge >= 0.3 is 0 Å². The van der Waals surface area contributed by atoms with Crippen molar-refractivity contribution in [2.24, 2.45) is 0 Å². The number of hydrogen-bond donors (Lipinski definition) is 0. The van der Waals surface area contributed by atoms with E-state index >= 15 is 0 Å². The van der Waals surface area contributed by atoms with Gasteiger partial charge in [-0.1, -0.05) is 28.1 Å². The predicted molar refractivity (Wildman–Crippen MR) is 70.1 cm³/mol. The molecule has 0 amide bonds. The van der Waals surface area contributed by atoms with Gasteiger partial charge in [0, 0.05) is 10.8 Å². The maximum absolute atomic E-state index is 11.3. The topological polar surface area (TPSA) is 17.1 Å². The predicted octanol–water partition coefficient (Wildman–Crippen LogP) is 4.17. The lowest BCUT2D eigenvalue weighted by molar-refractivity contribution is -0.116. The molecule has 0 N–H and O–H groups in total. The van der Waals surface area contributed by atoms with Crippen molar-refractivity contribution in [1.29, 1.82) is 0 Å². The zero-order chi connectivity index (χ0) is 11.4. The Labute approximate surface area is 108 Å². The second-order valence-corrected chi connectivity index (χ2v) is 5.21. The van der Waals surface area contributed by atoms with Crippen LogP contribution in [0, 0.1) is 0 Å². The van der Waals surface area contributed by atoms with E-state index in [1.54, 1.807) is 18.7 Å². The van der Waals surface area contributed by atoms with Gasteiger partial charge in [-0.2, -0.15) is 0 Å². The number of carbonyl (C=O) groups is 1. The highest BCUT2D eigenvalue weighted by molar-refractivity contribution is 9.09. The molecule has 0 saturated heterocycles. The molecule has 0 bridgehead atoms. The van der Waals surface area contributed by atoms with E-state index in [0.717, 1.165) is 16.0 Å². The standard InChI is InChI=1S/C11H12BrClOS/c1-7(14)11(12)9-4-3-8(6-13)5-10(9)15-2/h3-5,11H,6H2,1-2H3. The van der Waals surface area contributed by atoms with Crippen LogP contribution in [0.15, 0.2) is 23.1 Å². The van der Waals surface area contributed by atoms with Gasteiger partial charge in [-0.25, -0.2) is 0 Å². The molecule has 0 radical (unpaired) electrons. The molecule has 15 heavy (non-hydrogen) atoms. The van der Waals surface area contributed by atoms with Crippen molar-refractivity contribution in [3.05, 3.63) is 29.3 Å². The minimum atomic E-state index is -0.218. The number of thioether (sulfide) groups is 1. The van der Waals surface area contributed by atoms with E-state index in [2.05, 4.69) is 15.9 Å². The monoisotopic (exact) mass is 306 g/mol. The lowest BCUT2D eigenvalue weighted by Crippen LogP contribution is -2.02. The van der Waals surface area contributed by atoms with Crippen molar-refractivity contribution in [3.63, 3.8) is 0 Å². The van der Waals surface area contributed by atoms with Crippen LogP contribution < -0.4 is 0 Å². The van der Waals surface area contributed by atoms with Crippen LogP contribution in [0.5, 0.6) is 0 Å². The number of rotatable bonds is 4. The highest BCUT2D eigenvalue weighted by Crippen LogP contribution is 2.32. The lowest BCUT2D eigenvalue weighted by Gasteiger charge is -2.12. The third kappa shape index (κ3) is 3.23. The van der Waals surface area contributed by atoms with E-state index in [-0.39, 0.29) is 10.6 Å². The fourth-order valence-corrected chi connectivity index (χ4v) is 2.67. The third-order valence-electron chi connectivity index (χ3n) is 2.08. The minimum absolute atomic E-state index is 0.115. The van der Waals surface area contributed by atoms with Crippen molar-refractivity contribution < 1.29 is 4.79 Å². The van der Waals surface area contributed by atoms with Gasteiger partial charge in [-0.05, 0) is 30.4 Å². The number of alkyl halides is 2. The molecular formula is C11H12BrClOS.